The Morgan fingerprint density at radius 2 is 1.78 bits per heavy atom. The predicted molar refractivity (Wildman–Crippen MR) is 74.3 cm³/mol. The molecule has 0 aliphatic carbocycles. The topological polar surface area (TPSA) is 46.5 Å². The highest BCUT2D eigenvalue weighted by molar-refractivity contribution is 5.71. The average Bonchev–Trinajstić information content (AvgIpc) is 2.41. The largest absolute Gasteiger partial charge is 0.465 e. The van der Waals surface area contributed by atoms with Gasteiger partial charge in [-0.2, -0.15) is 0 Å². The Hall–Kier alpha value is -0.570. The first-order valence-electron chi connectivity index (χ1n) is 7.17. The summed E-state index contributed by atoms with van der Waals surface area (Å²) < 4.78 is 5.37. The van der Waals surface area contributed by atoms with Gasteiger partial charge in [-0.25, -0.2) is 0 Å². The van der Waals surface area contributed by atoms with E-state index < -0.39 is 6.10 Å². The number of esters is 1. The van der Waals surface area contributed by atoms with Crippen molar-refractivity contribution < 1.29 is 14.6 Å². The molecular weight excluding hydrogens is 228 g/mol. The van der Waals surface area contributed by atoms with Crippen molar-refractivity contribution in [1.82, 2.24) is 0 Å². The number of carbonyl (C=O) groups is 1. The van der Waals surface area contributed by atoms with Crippen molar-refractivity contribution in [1.29, 1.82) is 0 Å². The lowest BCUT2D eigenvalue weighted by Gasteiger charge is -2.36. The first kappa shape index (κ1) is 17.4. The Kier molecular flexibility index (Phi) is 7.53. The summed E-state index contributed by atoms with van der Waals surface area (Å²) in [7, 11) is 0. The van der Waals surface area contributed by atoms with Gasteiger partial charge in [-0.3, -0.25) is 4.79 Å². The highest BCUT2D eigenvalue weighted by Crippen LogP contribution is 2.32. The second-order valence-electron chi connectivity index (χ2n) is 5.75. The molecule has 0 aromatic heterocycles. The number of aliphatic hydroxyl groups is 1. The van der Waals surface area contributed by atoms with Crippen LogP contribution in [0.4, 0.5) is 0 Å². The standard InChI is InChI=1S/C15H30O3/c1-7-11(4)13(16)15(6,9-3)10-18-14(17)12(5)8-2/h11-13,16H,7-10H2,1-6H3. The van der Waals surface area contributed by atoms with Gasteiger partial charge in [0.15, 0.2) is 0 Å². The quantitative estimate of drug-likeness (QED) is 0.679. The van der Waals surface area contributed by atoms with E-state index >= 15 is 0 Å². The summed E-state index contributed by atoms with van der Waals surface area (Å²) in [6, 6.07) is 0. The molecule has 0 bridgehead atoms. The van der Waals surface area contributed by atoms with Gasteiger partial charge < -0.3 is 9.84 Å². The van der Waals surface area contributed by atoms with E-state index in [-0.39, 0.29) is 23.2 Å². The number of ether oxygens (including phenoxy) is 1. The molecule has 0 radical (unpaired) electrons. The second-order valence-corrected chi connectivity index (χ2v) is 5.75. The van der Waals surface area contributed by atoms with Crippen molar-refractivity contribution in [3.05, 3.63) is 0 Å². The first-order chi connectivity index (χ1) is 8.32. The molecule has 108 valence electrons. The van der Waals surface area contributed by atoms with Gasteiger partial charge in [-0.1, -0.05) is 48.0 Å². The second kappa shape index (κ2) is 7.78. The molecule has 0 aliphatic heterocycles. The minimum absolute atomic E-state index is 0.0631. The van der Waals surface area contributed by atoms with Crippen LogP contribution < -0.4 is 0 Å². The molecule has 0 aromatic carbocycles. The molecule has 3 heteroatoms. The van der Waals surface area contributed by atoms with Gasteiger partial charge in [-0.15, -0.1) is 0 Å². The van der Waals surface area contributed by atoms with Crippen molar-refractivity contribution in [3.63, 3.8) is 0 Å². The summed E-state index contributed by atoms with van der Waals surface area (Å²) >= 11 is 0. The lowest BCUT2D eigenvalue weighted by atomic mass is 9.76. The van der Waals surface area contributed by atoms with Crippen LogP contribution in [0.3, 0.4) is 0 Å². The van der Waals surface area contributed by atoms with E-state index in [2.05, 4.69) is 6.92 Å². The molecule has 0 aliphatic rings. The Balaban J connectivity index is 4.53. The summed E-state index contributed by atoms with van der Waals surface area (Å²) in [5.41, 5.74) is -0.349. The van der Waals surface area contributed by atoms with Crippen LogP contribution in [0, 0.1) is 17.3 Å². The number of rotatable bonds is 8. The molecule has 18 heavy (non-hydrogen) atoms. The molecule has 0 amide bonds. The fraction of sp³-hybridized carbons (Fsp3) is 0.933. The van der Waals surface area contributed by atoms with Crippen LogP contribution in [0.5, 0.6) is 0 Å². The molecule has 0 heterocycles. The van der Waals surface area contributed by atoms with E-state index in [0.717, 1.165) is 19.3 Å². The van der Waals surface area contributed by atoms with Crippen molar-refractivity contribution >= 4 is 5.97 Å². The van der Waals surface area contributed by atoms with Crippen LogP contribution in [0.1, 0.15) is 60.8 Å². The normalized spacial score (nSPS) is 19.7. The molecule has 0 aromatic rings. The van der Waals surface area contributed by atoms with E-state index in [1.54, 1.807) is 0 Å². The summed E-state index contributed by atoms with van der Waals surface area (Å²) in [5, 5.41) is 10.4. The predicted octanol–water partition coefficient (Wildman–Crippen LogP) is 3.40. The Labute approximate surface area is 112 Å². The van der Waals surface area contributed by atoms with Crippen LogP contribution >= 0.6 is 0 Å². The van der Waals surface area contributed by atoms with E-state index in [9.17, 15) is 9.90 Å². The van der Waals surface area contributed by atoms with Crippen molar-refractivity contribution in [2.75, 3.05) is 6.61 Å². The molecule has 3 nitrogen and oxygen atoms in total. The zero-order valence-electron chi connectivity index (χ0n) is 12.8. The van der Waals surface area contributed by atoms with E-state index in [4.69, 9.17) is 4.74 Å². The zero-order valence-corrected chi connectivity index (χ0v) is 12.8. The van der Waals surface area contributed by atoms with Gasteiger partial charge in [0.1, 0.15) is 0 Å². The fourth-order valence-electron chi connectivity index (χ4n) is 1.85. The first-order valence-corrected chi connectivity index (χ1v) is 7.17. The molecule has 0 saturated carbocycles. The minimum atomic E-state index is -0.433. The van der Waals surface area contributed by atoms with E-state index in [1.165, 1.54) is 0 Å². The van der Waals surface area contributed by atoms with Gasteiger partial charge >= 0.3 is 5.97 Å². The SMILES string of the molecule is CCC(C)C(=O)OCC(C)(CC)C(O)C(C)CC. The number of carbonyl (C=O) groups excluding carboxylic acids is 1. The zero-order chi connectivity index (χ0) is 14.3. The van der Waals surface area contributed by atoms with Crippen molar-refractivity contribution in [2.45, 2.75) is 66.9 Å². The van der Waals surface area contributed by atoms with Gasteiger partial charge in [-0.05, 0) is 18.8 Å². The van der Waals surface area contributed by atoms with Crippen LogP contribution in [0.15, 0.2) is 0 Å². The fourth-order valence-corrected chi connectivity index (χ4v) is 1.85. The Morgan fingerprint density at radius 1 is 1.22 bits per heavy atom. The monoisotopic (exact) mass is 258 g/mol. The third-order valence-electron chi connectivity index (χ3n) is 4.26. The highest BCUT2D eigenvalue weighted by atomic mass is 16.5. The number of hydrogen-bond donors (Lipinski definition) is 1. The summed E-state index contributed by atoms with van der Waals surface area (Å²) in [4.78, 5) is 11.7. The van der Waals surface area contributed by atoms with Crippen LogP contribution in [-0.2, 0) is 9.53 Å². The molecule has 0 fully saturated rings. The molecular formula is C15H30O3. The smallest absolute Gasteiger partial charge is 0.308 e. The molecule has 4 unspecified atom stereocenters. The minimum Gasteiger partial charge on any atom is -0.465 e. The highest BCUT2D eigenvalue weighted by Gasteiger charge is 2.35. The molecule has 0 saturated heterocycles. The Morgan fingerprint density at radius 3 is 2.17 bits per heavy atom. The van der Waals surface area contributed by atoms with Gasteiger partial charge in [0.2, 0.25) is 0 Å². The maximum Gasteiger partial charge on any atom is 0.308 e. The van der Waals surface area contributed by atoms with Crippen molar-refractivity contribution in [3.8, 4) is 0 Å². The number of hydrogen-bond acceptors (Lipinski definition) is 3. The van der Waals surface area contributed by atoms with Gasteiger partial charge in [0.25, 0.3) is 0 Å². The molecule has 0 spiro atoms. The van der Waals surface area contributed by atoms with Gasteiger partial charge in [0, 0.05) is 5.41 Å². The average molecular weight is 258 g/mol. The van der Waals surface area contributed by atoms with E-state index in [1.807, 2.05) is 34.6 Å². The Bertz CT molecular complexity index is 252. The summed E-state index contributed by atoms with van der Waals surface area (Å²) in [5.74, 6) is -0.00220. The third-order valence-corrected chi connectivity index (χ3v) is 4.26. The van der Waals surface area contributed by atoms with Crippen molar-refractivity contribution in [2.24, 2.45) is 17.3 Å². The summed E-state index contributed by atoms with van der Waals surface area (Å²) in [6.07, 6.45) is 2.08. The lowest BCUT2D eigenvalue weighted by Crippen LogP contribution is -2.41. The van der Waals surface area contributed by atoms with Crippen LogP contribution in [0.2, 0.25) is 0 Å². The lowest BCUT2D eigenvalue weighted by molar-refractivity contribution is -0.155. The molecule has 4 atom stereocenters. The van der Waals surface area contributed by atoms with Gasteiger partial charge in [0.05, 0.1) is 18.6 Å². The van der Waals surface area contributed by atoms with Crippen LogP contribution in [0.25, 0.3) is 0 Å². The maximum atomic E-state index is 11.7. The maximum absolute atomic E-state index is 11.7. The van der Waals surface area contributed by atoms with E-state index in [0.29, 0.717) is 6.61 Å². The third kappa shape index (κ3) is 4.60. The molecule has 1 N–H and O–H groups in total. The number of aliphatic hydroxyl groups excluding tert-OH is 1. The summed E-state index contributed by atoms with van der Waals surface area (Å²) in [6.45, 7) is 12.3. The van der Waals surface area contributed by atoms with Crippen LogP contribution in [-0.4, -0.2) is 23.8 Å². The molecule has 0 rings (SSSR count).